The summed E-state index contributed by atoms with van der Waals surface area (Å²) in [7, 11) is 0. The highest BCUT2D eigenvalue weighted by atomic mass is 32.1. The molecule has 0 aliphatic heterocycles. The molecule has 3 rings (SSSR count). The van der Waals surface area contributed by atoms with Crippen molar-refractivity contribution >= 4 is 29.0 Å². The van der Waals surface area contributed by atoms with Crippen LogP contribution in [0, 0.1) is 0 Å². The van der Waals surface area contributed by atoms with Crippen LogP contribution < -0.4 is 9.47 Å². The zero-order chi connectivity index (χ0) is 18.2. The third-order valence-corrected chi connectivity index (χ3v) is 4.49. The molecule has 5 heteroatoms. The number of hydrogen-bond donors (Lipinski definition) is 1. The van der Waals surface area contributed by atoms with Crippen LogP contribution in [0.15, 0.2) is 72.1 Å². The molecule has 0 bridgehead atoms. The third kappa shape index (κ3) is 4.74. The van der Waals surface area contributed by atoms with E-state index in [0.717, 1.165) is 11.3 Å². The van der Waals surface area contributed by atoms with Gasteiger partial charge in [0.1, 0.15) is 24.7 Å². The second kappa shape index (κ2) is 8.87. The van der Waals surface area contributed by atoms with Crippen molar-refractivity contribution in [2.45, 2.75) is 0 Å². The lowest BCUT2D eigenvalue weighted by atomic mass is 10.1. The Bertz CT molecular complexity index is 870. The average molecular weight is 366 g/mol. The largest absolute Gasteiger partial charge is 0.490 e. The molecule has 0 amide bonds. The van der Waals surface area contributed by atoms with E-state index >= 15 is 0 Å². The van der Waals surface area contributed by atoms with Gasteiger partial charge in [0.2, 0.25) is 0 Å². The fourth-order valence-corrected chi connectivity index (χ4v) is 3.12. The van der Waals surface area contributed by atoms with E-state index in [1.54, 1.807) is 12.1 Å². The molecule has 2 aromatic carbocycles. The molecule has 0 saturated carbocycles. The predicted molar refractivity (Wildman–Crippen MR) is 104 cm³/mol. The van der Waals surface area contributed by atoms with Crippen molar-refractivity contribution in [3.63, 3.8) is 0 Å². The van der Waals surface area contributed by atoms with Crippen molar-refractivity contribution in [2.75, 3.05) is 13.2 Å². The molecule has 26 heavy (non-hydrogen) atoms. The van der Waals surface area contributed by atoms with Crippen molar-refractivity contribution in [3.05, 3.63) is 82.6 Å². The smallest absolute Gasteiger partial charge is 0.337 e. The lowest BCUT2D eigenvalue weighted by Gasteiger charge is -2.11. The number of ether oxygens (including phenoxy) is 2. The van der Waals surface area contributed by atoms with E-state index in [1.165, 1.54) is 11.3 Å². The Hall–Kier alpha value is -3.05. The number of thiophene rings is 1. The van der Waals surface area contributed by atoms with Gasteiger partial charge in [0, 0.05) is 10.4 Å². The summed E-state index contributed by atoms with van der Waals surface area (Å²) >= 11 is 1.39. The highest BCUT2D eigenvalue weighted by molar-refractivity contribution is 7.11. The molecular formula is C21H18O4S. The van der Waals surface area contributed by atoms with Gasteiger partial charge in [-0.2, -0.15) is 0 Å². The fourth-order valence-electron chi connectivity index (χ4n) is 2.38. The van der Waals surface area contributed by atoms with Gasteiger partial charge in [-0.25, -0.2) is 4.79 Å². The predicted octanol–water partition coefficient (Wildman–Crippen LogP) is 4.83. The summed E-state index contributed by atoms with van der Waals surface area (Å²) in [6, 6.07) is 20.5. The van der Waals surface area contributed by atoms with Crippen molar-refractivity contribution in [1.82, 2.24) is 0 Å². The van der Waals surface area contributed by atoms with Crippen LogP contribution in [0.4, 0.5) is 0 Å². The quantitative estimate of drug-likeness (QED) is 0.458. The van der Waals surface area contributed by atoms with E-state index in [2.05, 4.69) is 0 Å². The van der Waals surface area contributed by atoms with Crippen LogP contribution in [0.25, 0.3) is 11.6 Å². The topological polar surface area (TPSA) is 55.8 Å². The van der Waals surface area contributed by atoms with Gasteiger partial charge in [0.05, 0.1) is 5.57 Å². The third-order valence-electron chi connectivity index (χ3n) is 3.59. The summed E-state index contributed by atoms with van der Waals surface area (Å²) in [6.07, 6.45) is 1.64. The number of hydrogen-bond acceptors (Lipinski definition) is 4. The minimum atomic E-state index is -0.963. The van der Waals surface area contributed by atoms with E-state index in [4.69, 9.17) is 9.47 Å². The number of rotatable bonds is 8. The molecule has 0 atom stereocenters. The van der Waals surface area contributed by atoms with Crippen molar-refractivity contribution < 1.29 is 19.4 Å². The number of aliphatic carboxylic acids is 1. The van der Waals surface area contributed by atoms with Gasteiger partial charge in [-0.05, 0) is 35.7 Å². The van der Waals surface area contributed by atoms with Crippen LogP contribution in [-0.4, -0.2) is 24.3 Å². The Balaban J connectivity index is 1.69. The summed E-state index contributed by atoms with van der Waals surface area (Å²) in [4.78, 5) is 12.3. The van der Waals surface area contributed by atoms with Crippen LogP contribution in [0.1, 0.15) is 10.4 Å². The van der Waals surface area contributed by atoms with Gasteiger partial charge in [-0.1, -0.05) is 42.5 Å². The molecule has 0 fully saturated rings. The first-order valence-corrected chi connectivity index (χ1v) is 9.00. The zero-order valence-corrected chi connectivity index (χ0v) is 14.8. The summed E-state index contributed by atoms with van der Waals surface area (Å²) < 4.78 is 11.4. The van der Waals surface area contributed by atoms with Crippen molar-refractivity contribution in [2.24, 2.45) is 0 Å². The first kappa shape index (κ1) is 17.8. The molecule has 1 heterocycles. The maximum Gasteiger partial charge on any atom is 0.337 e. The van der Waals surface area contributed by atoms with Crippen LogP contribution >= 0.6 is 11.3 Å². The Morgan fingerprint density at radius 1 is 0.923 bits per heavy atom. The number of carboxylic acids is 1. The molecule has 0 unspecified atom stereocenters. The van der Waals surface area contributed by atoms with Gasteiger partial charge in [-0.3, -0.25) is 0 Å². The van der Waals surface area contributed by atoms with E-state index in [1.807, 2.05) is 66.0 Å². The maximum atomic E-state index is 11.6. The van der Waals surface area contributed by atoms with E-state index in [0.29, 0.717) is 23.8 Å². The maximum absolute atomic E-state index is 11.6. The molecule has 0 aliphatic carbocycles. The highest BCUT2D eigenvalue weighted by Gasteiger charge is 2.13. The first-order valence-electron chi connectivity index (χ1n) is 8.12. The molecule has 4 nitrogen and oxygen atoms in total. The molecule has 3 aromatic rings. The van der Waals surface area contributed by atoms with E-state index in [9.17, 15) is 9.90 Å². The van der Waals surface area contributed by atoms with E-state index in [-0.39, 0.29) is 5.57 Å². The van der Waals surface area contributed by atoms with Gasteiger partial charge < -0.3 is 14.6 Å². The van der Waals surface area contributed by atoms with Crippen molar-refractivity contribution in [1.29, 1.82) is 0 Å². The molecule has 0 radical (unpaired) electrons. The molecule has 1 aromatic heterocycles. The minimum Gasteiger partial charge on any atom is -0.490 e. The number of para-hydroxylation sites is 2. The SMILES string of the molecule is O=C(O)/C(=C\c1ccccc1OCCOc1ccccc1)c1cccs1. The number of carboxylic acid groups (broad SMARTS) is 1. The Morgan fingerprint density at radius 3 is 2.38 bits per heavy atom. The van der Waals surface area contributed by atoms with Crippen LogP contribution in [0.3, 0.4) is 0 Å². The van der Waals surface area contributed by atoms with Crippen LogP contribution in [-0.2, 0) is 4.79 Å². The fraction of sp³-hybridized carbons (Fsp3) is 0.0952. The number of carbonyl (C=O) groups is 1. The average Bonchev–Trinajstić information content (AvgIpc) is 3.19. The summed E-state index contributed by atoms with van der Waals surface area (Å²) in [6.45, 7) is 0.764. The van der Waals surface area contributed by atoms with Gasteiger partial charge in [-0.15, -0.1) is 11.3 Å². The lowest BCUT2D eigenvalue weighted by Crippen LogP contribution is -2.09. The molecule has 0 saturated heterocycles. The second-order valence-electron chi connectivity index (χ2n) is 5.39. The standard InChI is InChI=1S/C21H18O4S/c22-21(23)18(20-11-6-14-26-20)15-16-7-4-5-10-19(16)25-13-12-24-17-8-2-1-3-9-17/h1-11,14-15H,12-13H2,(H,22,23)/b18-15-. The Morgan fingerprint density at radius 2 is 1.65 bits per heavy atom. The van der Waals surface area contributed by atoms with Crippen molar-refractivity contribution in [3.8, 4) is 11.5 Å². The minimum absolute atomic E-state index is 0.247. The summed E-state index contributed by atoms with van der Waals surface area (Å²) in [5, 5.41) is 11.4. The molecule has 132 valence electrons. The lowest BCUT2D eigenvalue weighted by molar-refractivity contribution is -0.130. The first-order chi connectivity index (χ1) is 12.7. The highest BCUT2D eigenvalue weighted by Crippen LogP contribution is 2.27. The normalized spacial score (nSPS) is 11.2. The second-order valence-corrected chi connectivity index (χ2v) is 6.34. The summed E-state index contributed by atoms with van der Waals surface area (Å²) in [5.41, 5.74) is 0.967. The zero-order valence-electron chi connectivity index (χ0n) is 14.0. The van der Waals surface area contributed by atoms with E-state index < -0.39 is 5.97 Å². The monoisotopic (exact) mass is 366 g/mol. The van der Waals surface area contributed by atoms with Gasteiger partial charge in [0.25, 0.3) is 0 Å². The Kier molecular flexibility index (Phi) is 6.06. The molecular weight excluding hydrogens is 348 g/mol. The molecule has 0 spiro atoms. The van der Waals surface area contributed by atoms with Gasteiger partial charge >= 0.3 is 5.97 Å². The molecule has 1 N–H and O–H groups in total. The van der Waals surface area contributed by atoms with Crippen LogP contribution in [0.5, 0.6) is 11.5 Å². The Labute approximate surface area is 156 Å². The van der Waals surface area contributed by atoms with Crippen LogP contribution in [0.2, 0.25) is 0 Å². The number of benzene rings is 2. The molecule has 0 aliphatic rings. The van der Waals surface area contributed by atoms with Gasteiger partial charge in [0.15, 0.2) is 0 Å². The summed E-state index contributed by atoms with van der Waals surface area (Å²) in [5.74, 6) is 0.448.